The predicted octanol–water partition coefficient (Wildman–Crippen LogP) is 2.40. The number of ether oxygens (including phenoxy) is 1. The van der Waals surface area contributed by atoms with Gasteiger partial charge in [0.25, 0.3) is 5.91 Å². The van der Waals surface area contributed by atoms with Crippen LogP contribution in [-0.2, 0) is 14.6 Å². The largest absolute Gasteiger partial charge is 0.482 e. The lowest BCUT2D eigenvalue weighted by atomic mass is 10.1. The molecule has 2 rings (SSSR count). The molecule has 8 heteroatoms. The average Bonchev–Trinajstić information content (AvgIpc) is 2.93. The number of hydrogen-bond donors (Lipinski definition) is 0. The first-order valence-electron chi connectivity index (χ1n) is 8.11. The van der Waals surface area contributed by atoms with Crippen LogP contribution in [0.25, 0.3) is 0 Å². The van der Waals surface area contributed by atoms with Crippen molar-refractivity contribution in [2.75, 3.05) is 18.1 Å². The second-order valence-electron chi connectivity index (χ2n) is 6.16. The summed E-state index contributed by atoms with van der Waals surface area (Å²) < 4.78 is 29.0. The lowest BCUT2D eigenvalue weighted by Gasteiger charge is -2.33. The Balaban J connectivity index is 2.09. The van der Waals surface area contributed by atoms with E-state index < -0.39 is 9.84 Å². The van der Waals surface area contributed by atoms with E-state index in [-0.39, 0.29) is 41.1 Å². The van der Waals surface area contributed by atoms with Crippen LogP contribution in [0.5, 0.6) is 5.75 Å². The monoisotopic (exact) mass is 384 g/mol. The molecule has 1 saturated heterocycles. The van der Waals surface area contributed by atoms with Gasteiger partial charge in [-0.2, -0.15) is 5.26 Å². The summed E-state index contributed by atoms with van der Waals surface area (Å²) in [6.07, 6.45) is 1.18. The molecule has 0 N–H and O–H groups in total. The van der Waals surface area contributed by atoms with Gasteiger partial charge in [-0.25, -0.2) is 8.42 Å². The van der Waals surface area contributed by atoms with Crippen molar-refractivity contribution < 1.29 is 17.9 Å². The highest BCUT2D eigenvalue weighted by molar-refractivity contribution is 7.91. The highest BCUT2D eigenvalue weighted by Crippen LogP contribution is 2.26. The minimum absolute atomic E-state index is 0.000697. The Hall–Kier alpha value is -1.78. The van der Waals surface area contributed by atoms with Gasteiger partial charge in [-0.1, -0.05) is 18.5 Å². The molecule has 136 valence electrons. The zero-order valence-electron chi connectivity index (χ0n) is 14.2. The maximum atomic E-state index is 12.7. The Morgan fingerprint density at radius 3 is 2.76 bits per heavy atom. The minimum atomic E-state index is -3.08. The van der Waals surface area contributed by atoms with Crippen LogP contribution in [0.1, 0.15) is 32.3 Å². The van der Waals surface area contributed by atoms with Crippen LogP contribution >= 0.6 is 11.6 Å². The van der Waals surface area contributed by atoms with Crippen molar-refractivity contribution in [1.29, 1.82) is 5.26 Å². The van der Waals surface area contributed by atoms with E-state index in [1.54, 1.807) is 17.0 Å². The van der Waals surface area contributed by atoms with Crippen molar-refractivity contribution in [3.8, 4) is 11.8 Å². The summed E-state index contributed by atoms with van der Waals surface area (Å²) in [7, 11) is -3.08. The van der Waals surface area contributed by atoms with E-state index >= 15 is 0 Å². The fourth-order valence-corrected chi connectivity index (χ4v) is 4.85. The predicted molar refractivity (Wildman–Crippen MR) is 95.3 cm³/mol. The van der Waals surface area contributed by atoms with Gasteiger partial charge in [0.15, 0.2) is 16.4 Å². The van der Waals surface area contributed by atoms with E-state index in [0.29, 0.717) is 17.7 Å². The molecule has 0 unspecified atom stereocenters. The number of sulfone groups is 1. The molecular weight excluding hydrogens is 364 g/mol. The Morgan fingerprint density at radius 1 is 1.52 bits per heavy atom. The van der Waals surface area contributed by atoms with E-state index in [1.807, 2.05) is 19.9 Å². The molecule has 1 aromatic carbocycles. The van der Waals surface area contributed by atoms with Gasteiger partial charge >= 0.3 is 0 Å². The van der Waals surface area contributed by atoms with Crippen LogP contribution in [0.3, 0.4) is 0 Å². The molecular formula is C17H21ClN2O4S. The molecule has 6 nitrogen and oxygen atoms in total. The molecule has 2 atom stereocenters. The quantitative estimate of drug-likeness (QED) is 0.751. The van der Waals surface area contributed by atoms with Crippen LogP contribution in [0.4, 0.5) is 0 Å². The van der Waals surface area contributed by atoms with Crippen molar-refractivity contribution in [3.63, 3.8) is 0 Å². The Kier molecular flexibility index (Phi) is 6.31. The third-order valence-corrected chi connectivity index (χ3v) is 6.41. The summed E-state index contributed by atoms with van der Waals surface area (Å²) >= 11 is 6.05. The second kappa shape index (κ2) is 8.07. The first kappa shape index (κ1) is 19.5. The SMILES string of the molecule is CC[C@@H](C)N(C(=O)COc1ccc(C#N)cc1Cl)[C@@H]1CCS(=O)(=O)C1. The molecule has 1 amide bonds. The highest BCUT2D eigenvalue weighted by atomic mass is 35.5. The summed E-state index contributed by atoms with van der Waals surface area (Å²) in [5.41, 5.74) is 0.404. The molecule has 0 aliphatic carbocycles. The molecule has 0 radical (unpaired) electrons. The molecule has 1 fully saturated rings. The van der Waals surface area contributed by atoms with Crippen LogP contribution in [0.2, 0.25) is 5.02 Å². The number of hydrogen-bond acceptors (Lipinski definition) is 5. The van der Waals surface area contributed by atoms with E-state index in [0.717, 1.165) is 6.42 Å². The van der Waals surface area contributed by atoms with Gasteiger partial charge in [0.1, 0.15) is 5.75 Å². The third kappa shape index (κ3) is 4.86. The summed E-state index contributed by atoms with van der Waals surface area (Å²) in [5.74, 6) is 0.162. The van der Waals surface area contributed by atoms with Crippen LogP contribution < -0.4 is 4.74 Å². The van der Waals surface area contributed by atoms with Crippen LogP contribution in [-0.4, -0.2) is 49.4 Å². The van der Waals surface area contributed by atoms with Crippen molar-refractivity contribution >= 4 is 27.3 Å². The normalized spacial score (nSPS) is 19.8. The lowest BCUT2D eigenvalue weighted by molar-refractivity contribution is -0.137. The van der Waals surface area contributed by atoms with Gasteiger partial charge in [-0.05, 0) is 38.0 Å². The molecule has 1 aliphatic rings. The summed E-state index contributed by atoms with van der Waals surface area (Å²) in [4.78, 5) is 14.3. The molecule has 0 spiro atoms. The molecule has 1 heterocycles. The van der Waals surface area contributed by atoms with E-state index in [9.17, 15) is 13.2 Å². The van der Waals surface area contributed by atoms with Gasteiger partial charge < -0.3 is 9.64 Å². The summed E-state index contributed by atoms with van der Waals surface area (Å²) in [6.45, 7) is 3.62. The van der Waals surface area contributed by atoms with Crippen molar-refractivity contribution in [1.82, 2.24) is 4.90 Å². The first-order chi connectivity index (χ1) is 11.8. The zero-order valence-corrected chi connectivity index (χ0v) is 15.8. The number of rotatable bonds is 6. The number of benzene rings is 1. The second-order valence-corrected chi connectivity index (χ2v) is 8.80. The maximum absolute atomic E-state index is 12.7. The van der Waals surface area contributed by atoms with Crippen LogP contribution in [0.15, 0.2) is 18.2 Å². The summed E-state index contributed by atoms with van der Waals surface area (Å²) in [6, 6.07) is 6.15. The Bertz CT molecular complexity index is 788. The molecule has 1 aromatic rings. The van der Waals surface area contributed by atoms with Crippen molar-refractivity contribution in [3.05, 3.63) is 28.8 Å². The van der Waals surface area contributed by atoms with Gasteiger partial charge in [-0.15, -0.1) is 0 Å². The maximum Gasteiger partial charge on any atom is 0.261 e. The highest BCUT2D eigenvalue weighted by Gasteiger charge is 2.36. The van der Waals surface area contributed by atoms with Gasteiger partial charge in [0.05, 0.1) is 28.2 Å². The zero-order chi connectivity index (χ0) is 18.6. The average molecular weight is 385 g/mol. The van der Waals surface area contributed by atoms with Crippen molar-refractivity contribution in [2.45, 2.75) is 38.8 Å². The van der Waals surface area contributed by atoms with Gasteiger partial charge in [0.2, 0.25) is 0 Å². The van der Waals surface area contributed by atoms with Gasteiger partial charge in [-0.3, -0.25) is 4.79 Å². The standard InChI is InChI=1S/C17H21ClN2O4S/c1-3-12(2)20(14-6-7-25(22,23)11-14)17(21)10-24-16-5-4-13(9-19)8-15(16)18/h4-5,8,12,14H,3,6-7,10-11H2,1-2H3/t12-,14-/m1/s1. The Morgan fingerprint density at radius 2 is 2.24 bits per heavy atom. The molecule has 25 heavy (non-hydrogen) atoms. The first-order valence-corrected chi connectivity index (χ1v) is 10.3. The number of halogens is 1. The fraction of sp³-hybridized carbons (Fsp3) is 0.529. The number of carbonyl (C=O) groups is 1. The topological polar surface area (TPSA) is 87.5 Å². The Labute approximate surface area is 153 Å². The van der Waals surface area contributed by atoms with Gasteiger partial charge in [0, 0.05) is 12.1 Å². The molecule has 0 saturated carbocycles. The van der Waals surface area contributed by atoms with Crippen LogP contribution in [0, 0.1) is 11.3 Å². The third-order valence-electron chi connectivity index (χ3n) is 4.37. The minimum Gasteiger partial charge on any atom is -0.482 e. The number of nitrogens with zero attached hydrogens (tertiary/aromatic N) is 2. The molecule has 0 aromatic heterocycles. The fourth-order valence-electron chi connectivity index (χ4n) is 2.90. The van der Waals surface area contributed by atoms with E-state index in [2.05, 4.69) is 0 Å². The molecule has 0 bridgehead atoms. The number of nitriles is 1. The van der Waals surface area contributed by atoms with Crippen molar-refractivity contribution in [2.24, 2.45) is 0 Å². The smallest absolute Gasteiger partial charge is 0.261 e. The van der Waals surface area contributed by atoms with E-state index in [1.165, 1.54) is 6.07 Å². The summed E-state index contributed by atoms with van der Waals surface area (Å²) in [5, 5.41) is 9.09. The number of amides is 1. The lowest BCUT2D eigenvalue weighted by Crippen LogP contribution is -2.48. The van der Waals surface area contributed by atoms with E-state index in [4.69, 9.17) is 21.6 Å². The number of carbonyl (C=O) groups excluding carboxylic acids is 1. The molecule has 1 aliphatic heterocycles.